The molecule has 180 valence electrons. The van der Waals surface area contributed by atoms with Crippen molar-refractivity contribution < 1.29 is 23.7 Å². The van der Waals surface area contributed by atoms with Gasteiger partial charge in [0, 0.05) is 6.08 Å². The van der Waals surface area contributed by atoms with Gasteiger partial charge in [-0.3, -0.25) is 4.79 Å². The standard InChI is InChI=1S/C25H19BrCl2N2O5/c1-32-23-11-17(8-18(26)25(23)33-13-16-2-5-19(27)20(28)9-16)12-29-30-24(31)7-4-15-3-6-21-22(10-15)35-14-34-21/h2-12H,13-14H2,1H3,(H,30,31)/b7-4+,29-12-. The van der Waals surface area contributed by atoms with Crippen molar-refractivity contribution in [1.82, 2.24) is 5.43 Å². The molecule has 0 atom stereocenters. The summed E-state index contributed by atoms with van der Waals surface area (Å²) in [6.45, 7) is 0.466. The van der Waals surface area contributed by atoms with Gasteiger partial charge in [0.15, 0.2) is 23.0 Å². The average molecular weight is 578 g/mol. The Morgan fingerprint density at radius 2 is 1.91 bits per heavy atom. The summed E-state index contributed by atoms with van der Waals surface area (Å²) in [5.41, 5.74) is 4.81. The zero-order chi connectivity index (χ0) is 24.8. The molecule has 35 heavy (non-hydrogen) atoms. The Morgan fingerprint density at radius 3 is 2.71 bits per heavy atom. The van der Waals surface area contributed by atoms with Gasteiger partial charge in [0.2, 0.25) is 6.79 Å². The fourth-order valence-corrected chi connectivity index (χ4v) is 4.03. The topological polar surface area (TPSA) is 78.4 Å². The van der Waals surface area contributed by atoms with E-state index in [1.54, 1.807) is 42.5 Å². The van der Waals surface area contributed by atoms with Crippen LogP contribution in [0.15, 0.2) is 64.2 Å². The smallest absolute Gasteiger partial charge is 0.264 e. The molecule has 1 N–H and O–H groups in total. The highest BCUT2D eigenvalue weighted by Gasteiger charge is 2.13. The number of carbonyl (C=O) groups excluding carboxylic acids is 1. The number of nitrogens with zero attached hydrogens (tertiary/aromatic N) is 1. The number of fused-ring (bicyclic) bond motifs is 1. The van der Waals surface area contributed by atoms with Gasteiger partial charge in [0.1, 0.15) is 6.61 Å². The summed E-state index contributed by atoms with van der Waals surface area (Å²) in [6.07, 6.45) is 4.54. The summed E-state index contributed by atoms with van der Waals surface area (Å²) in [4.78, 5) is 12.1. The van der Waals surface area contributed by atoms with Crippen LogP contribution in [-0.2, 0) is 11.4 Å². The van der Waals surface area contributed by atoms with Crippen LogP contribution in [-0.4, -0.2) is 26.0 Å². The molecular weight excluding hydrogens is 559 g/mol. The van der Waals surface area contributed by atoms with Crippen molar-refractivity contribution in [2.45, 2.75) is 6.61 Å². The molecule has 3 aromatic rings. The molecule has 0 radical (unpaired) electrons. The third-order valence-corrected chi connectivity index (χ3v) is 6.16. The maximum atomic E-state index is 12.1. The Morgan fingerprint density at radius 1 is 1.09 bits per heavy atom. The first-order chi connectivity index (χ1) is 16.9. The monoisotopic (exact) mass is 576 g/mol. The highest BCUT2D eigenvalue weighted by molar-refractivity contribution is 9.10. The Balaban J connectivity index is 1.37. The molecule has 0 fully saturated rings. The maximum absolute atomic E-state index is 12.1. The minimum Gasteiger partial charge on any atom is -0.493 e. The Bertz CT molecular complexity index is 1310. The molecule has 0 saturated heterocycles. The van der Waals surface area contributed by atoms with Gasteiger partial charge in [-0.05, 0) is 75.1 Å². The molecule has 0 aromatic heterocycles. The molecule has 3 aromatic carbocycles. The highest BCUT2D eigenvalue weighted by Crippen LogP contribution is 2.37. The van der Waals surface area contributed by atoms with Crippen molar-refractivity contribution in [1.29, 1.82) is 0 Å². The number of ether oxygens (including phenoxy) is 4. The lowest BCUT2D eigenvalue weighted by Gasteiger charge is -2.14. The van der Waals surface area contributed by atoms with Gasteiger partial charge in [-0.25, -0.2) is 5.43 Å². The molecule has 4 rings (SSSR count). The van der Waals surface area contributed by atoms with Crippen LogP contribution in [0.3, 0.4) is 0 Å². The summed E-state index contributed by atoms with van der Waals surface area (Å²) < 4.78 is 22.7. The minimum atomic E-state index is -0.383. The van der Waals surface area contributed by atoms with Crippen molar-refractivity contribution in [3.63, 3.8) is 0 Å². The van der Waals surface area contributed by atoms with E-state index in [1.807, 2.05) is 12.1 Å². The number of nitrogens with one attached hydrogen (secondary N) is 1. The van der Waals surface area contributed by atoms with Crippen LogP contribution < -0.4 is 24.4 Å². The maximum Gasteiger partial charge on any atom is 0.264 e. The summed E-state index contributed by atoms with van der Waals surface area (Å²) in [5.74, 6) is 1.96. The van der Waals surface area contributed by atoms with E-state index in [-0.39, 0.29) is 19.3 Å². The minimum absolute atomic E-state index is 0.197. The molecule has 0 bridgehead atoms. The Hall–Kier alpha value is -3.20. The first kappa shape index (κ1) is 24.9. The van der Waals surface area contributed by atoms with Crippen LogP contribution in [0.25, 0.3) is 6.08 Å². The van der Waals surface area contributed by atoms with E-state index in [4.69, 9.17) is 42.1 Å². The molecule has 1 aliphatic heterocycles. The van der Waals surface area contributed by atoms with Crippen LogP contribution in [0.1, 0.15) is 16.7 Å². The fraction of sp³-hybridized carbons (Fsp3) is 0.120. The van der Waals surface area contributed by atoms with Crippen molar-refractivity contribution >= 4 is 57.3 Å². The lowest BCUT2D eigenvalue weighted by Crippen LogP contribution is -2.14. The molecule has 0 saturated carbocycles. The van der Waals surface area contributed by atoms with Crippen molar-refractivity contribution in [2.75, 3.05) is 13.9 Å². The van der Waals surface area contributed by atoms with Gasteiger partial charge in [-0.1, -0.05) is 35.3 Å². The highest BCUT2D eigenvalue weighted by atomic mass is 79.9. The van der Waals surface area contributed by atoms with Crippen LogP contribution >= 0.6 is 39.1 Å². The number of carbonyl (C=O) groups is 1. The van der Waals surface area contributed by atoms with E-state index in [1.165, 1.54) is 19.4 Å². The van der Waals surface area contributed by atoms with E-state index >= 15 is 0 Å². The quantitative estimate of drug-likeness (QED) is 0.195. The molecule has 1 aliphatic rings. The SMILES string of the molecule is COc1cc(/C=N\NC(=O)/C=C/c2ccc3c(c2)OCO3)cc(Br)c1OCc1ccc(Cl)c(Cl)c1. The van der Waals surface area contributed by atoms with Gasteiger partial charge < -0.3 is 18.9 Å². The van der Waals surface area contributed by atoms with E-state index in [0.717, 1.165) is 11.1 Å². The lowest BCUT2D eigenvalue weighted by atomic mass is 10.2. The second kappa shape index (κ2) is 11.5. The molecule has 1 amide bonds. The number of halogens is 3. The van der Waals surface area contributed by atoms with E-state index in [0.29, 0.717) is 43.1 Å². The second-order valence-electron chi connectivity index (χ2n) is 7.25. The largest absolute Gasteiger partial charge is 0.493 e. The first-order valence-corrected chi connectivity index (χ1v) is 11.8. The van der Waals surface area contributed by atoms with Gasteiger partial charge >= 0.3 is 0 Å². The number of hydrogen-bond acceptors (Lipinski definition) is 6. The Labute approximate surface area is 220 Å². The molecule has 7 nitrogen and oxygen atoms in total. The molecular formula is C25H19BrCl2N2O5. The first-order valence-electron chi connectivity index (χ1n) is 10.3. The normalized spacial score (nSPS) is 12.3. The number of methoxy groups -OCH3 is 1. The molecule has 1 heterocycles. The van der Waals surface area contributed by atoms with E-state index in [9.17, 15) is 4.79 Å². The summed E-state index contributed by atoms with van der Waals surface area (Å²) >= 11 is 15.5. The number of amides is 1. The third kappa shape index (κ3) is 6.48. The number of benzene rings is 3. The molecule has 0 aliphatic carbocycles. The summed E-state index contributed by atoms with van der Waals surface area (Å²) in [5, 5.41) is 4.94. The Kier molecular flexibility index (Phi) is 8.17. The van der Waals surface area contributed by atoms with Gasteiger partial charge in [0.05, 0.1) is 27.8 Å². The van der Waals surface area contributed by atoms with E-state index < -0.39 is 0 Å². The van der Waals surface area contributed by atoms with Crippen LogP contribution in [0.5, 0.6) is 23.0 Å². The van der Waals surface area contributed by atoms with Crippen molar-refractivity contribution in [3.8, 4) is 23.0 Å². The predicted octanol–water partition coefficient (Wildman–Crippen LogP) is 6.24. The lowest BCUT2D eigenvalue weighted by molar-refractivity contribution is -0.116. The average Bonchev–Trinajstić information content (AvgIpc) is 3.32. The van der Waals surface area contributed by atoms with Gasteiger partial charge in [0.25, 0.3) is 5.91 Å². The fourth-order valence-electron chi connectivity index (χ4n) is 3.14. The van der Waals surface area contributed by atoms with Crippen LogP contribution in [0, 0.1) is 0 Å². The molecule has 0 spiro atoms. The van der Waals surface area contributed by atoms with Crippen molar-refractivity contribution in [2.24, 2.45) is 5.10 Å². The number of hydrazone groups is 1. The van der Waals surface area contributed by atoms with Gasteiger partial charge in [-0.15, -0.1) is 0 Å². The number of rotatable bonds is 8. The predicted molar refractivity (Wildman–Crippen MR) is 139 cm³/mol. The van der Waals surface area contributed by atoms with Crippen molar-refractivity contribution in [3.05, 3.63) is 85.8 Å². The zero-order valence-electron chi connectivity index (χ0n) is 18.4. The van der Waals surface area contributed by atoms with Crippen LogP contribution in [0.4, 0.5) is 0 Å². The third-order valence-electron chi connectivity index (χ3n) is 4.83. The number of hydrogen-bond donors (Lipinski definition) is 1. The van der Waals surface area contributed by atoms with Crippen LogP contribution in [0.2, 0.25) is 10.0 Å². The van der Waals surface area contributed by atoms with Gasteiger partial charge in [-0.2, -0.15) is 5.10 Å². The summed E-state index contributed by atoms with van der Waals surface area (Å²) in [7, 11) is 1.54. The second-order valence-corrected chi connectivity index (χ2v) is 8.92. The summed E-state index contributed by atoms with van der Waals surface area (Å²) in [6, 6.07) is 14.3. The molecule has 10 heteroatoms. The molecule has 0 unspecified atom stereocenters. The zero-order valence-corrected chi connectivity index (χ0v) is 21.5. The van der Waals surface area contributed by atoms with E-state index in [2.05, 4.69) is 26.5 Å².